The van der Waals surface area contributed by atoms with Crippen LogP contribution in [0.15, 0.2) is 35.7 Å². The second kappa shape index (κ2) is 10.4. The van der Waals surface area contributed by atoms with E-state index in [1.54, 1.807) is 11.3 Å². The van der Waals surface area contributed by atoms with Crippen molar-refractivity contribution in [3.63, 3.8) is 0 Å². The number of carbonyl (C=O) groups is 3. The van der Waals surface area contributed by atoms with Gasteiger partial charge in [0.25, 0.3) is 5.91 Å². The molecule has 1 aromatic heterocycles. The number of aryl methyl sites for hydroxylation is 1. The van der Waals surface area contributed by atoms with Gasteiger partial charge in [0.1, 0.15) is 0 Å². The molecule has 27 heavy (non-hydrogen) atoms. The minimum atomic E-state index is -1.09. The number of halogens is 2. The van der Waals surface area contributed by atoms with Gasteiger partial charge in [0, 0.05) is 23.1 Å². The van der Waals surface area contributed by atoms with E-state index >= 15 is 0 Å². The van der Waals surface area contributed by atoms with Crippen LogP contribution in [0.5, 0.6) is 0 Å². The first-order valence-corrected chi connectivity index (χ1v) is 9.01. The molecule has 0 aliphatic rings. The van der Waals surface area contributed by atoms with Crippen molar-refractivity contribution in [1.82, 2.24) is 5.32 Å². The molecule has 0 aliphatic carbocycles. The van der Waals surface area contributed by atoms with Crippen LogP contribution in [0.1, 0.15) is 17.7 Å². The SMILES string of the molecule is O=C(COC(=O)CCCc1cccs1)NCC(=O)Nc1ccc(F)c(F)c1. The fourth-order valence-corrected chi connectivity index (χ4v) is 2.84. The summed E-state index contributed by atoms with van der Waals surface area (Å²) in [6.45, 7) is -0.885. The minimum absolute atomic E-state index is 0.0605. The number of rotatable bonds is 9. The van der Waals surface area contributed by atoms with Gasteiger partial charge in [-0.2, -0.15) is 0 Å². The number of amides is 2. The zero-order valence-electron chi connectivity index (χ0n) is 14.3. The van der Waals surface area contributed by atoms with Crippen LogP contribution >= 0.6 is 11.3 Å². The molecule has 0 fully saturated rings. The highest BCUT2D eigenvalue weighted by atomic mass is 32.1. The van der Waals surface area contributed by atoms with Crippen LogP contribution < -0.4 is 10.6 Å². The van der Waals surface area contributed by atoms with Gasteiger partial charge in [-0.1, -0.05) is 6.07 Å². The molecule has 0 radical (unpaired) electrons. The maximum absolute atomic E-state index is 13.0. The van der Waals surface area contributed by atoms with Gasteiger partial charge >= 0.3 is 5.97 Å². The highest BCUT2D eigenvalue weighted by Crippen LogP contribution is 2.13. The van der Waals surface area contributed by atoms with E-state index in [9.17, 15) is 23.2 Å². The molecule has 0 spiro atoms. The Kier molecular flexibility index (Phi) is 7.87. The topological polar surface area (TPSA) is 84.5 Å². The monoisotopic (exact) mass is 396 g/mol. The average Bonchev–Trinajstić information content (AvgIpc) is 3.15. The summed E-state index contributed by atoms with van der Waals surface area (Å²) in [7, 11) is 0. The lowest BCUT2D eigenvalue weighted by molar-refractivity contribution is -0.148. The molecular weight excluding hydrogens is 378 g/mol. The summed E-state index contributed by atoms with van der Waals surface area (Å²) in [5.41, 5.74) is 0.0605. The Morgan fingerprint density at radius 3 is 2.59 bits per heavy atom. The molecule has 0 unspecified atom stereocenters. The molecule has 6 nitrogen and oxygen atoms in total. The Bertz CT molecular complexity index is 797. The number of nitrogens with one attached hydrogen (secondary N) is 2. The molecule has 0 saturated heterocycles. The van der Waals surface area contributed by atoms with Gasteiger partial charge in [-0.05, 0) is 36.4 Å². The van der Waals surface area contributed by atoms with E-state index in [1.807, 2.05) is 17.5 Å². The summed E-state index contributed by atoms with van der Waals surface area (Å²) in [6, 6.07) is 6.81. The normalized spacial score (nSPS) is 10.3. The van der Waals surface area contributed by atoms with E-state index in [0.29, 0.717) is 6.42 Å². The lowest BCUT2D eigenvalue weighted by Gasteiger charge is -2.08. The Labute approximate surface area is 158 Å². The summed E-state index contributed by atoms with van der Waals surface area (Å²) in [5, 5.41) is 6.53. The molecule has 2 rings (SSSR count). The number of thiophene rings is 1. The lowest BCUT2D eigenvalue weighted by Crippen LogP contribution is -2.35. The predicted octanol–water partition coefficient (Wildman–Crippen LogP) is 2.65. The van der Waals surface area contributed by atoms with Crippen molar-refractivity contribution in [2.24, 2.45) is 0 Å². The first kappa shape index (κ1) is 20.5. The zero-order valence-corrected chi connectivity index (χ0v) is 15.1. The molecule has 144 valence electrons. The fraction of sp³-hybridized carbons (Fsp3) is 0.278. The predicted molar refractivity (Wildman–Crippen MR) is 96.2 cm³/mol. The van der Waals surface area contributed by atoms with Crippen molar-refractivity contribution in [2.75, 3.05) is 18.5 Å². The van der Waals surface area contributed by atoms with Crippen LogP contribution in [0.3, 0.4) is 0 Å². The zero-order chi connectivity index (χ0) is 19.6. The van der Waals surface area contributed by atoms with E-state index in [1.165, 1.54) is 10.9 Å². The highest BCUT2D eigenvalue weighted by molar-refractivity contribution is 7.09. The third kappa shape index (κ3) is 7.53. The van der Waals surface area contributed by atoms with E-state index in [-0.39, 0.29) is 12.1 Å². The molecule has 0 aliphatic heterocycles. The molecular formula is C18H18F2N2O4S. The van der Waals surface area contributed by atoms with Crippen molar-refractivity contribution >= 4 is 34.8 Å². The highest BCUT2D eigenvalue weighted by Gasteiger charge is 2.10. The number of hydrogen-bond acceptors (Lipinski definition) is 5. The van der Waals surface area contributed by atoms with E-state index in [4.69, 9.17) is 4.74 Å². The van der Waals surface area contributed by atoms with Gasteiger partial charge in [0.05, 0.1) is 6.54 Å². The van der Waals surface area contributed by atoms with Crippen LogP contribution in [0.25, 0.3) is 0 Å². The van der Waals surface area contributed by atoms with Crippen LogP contribution in [-0.2, 0) is 25.5 Å². The van der Waals surface area contributed by atoms with Gasteiger partial charge in [-0.3, -0.25) is 14.4 Å². The maximum atomic E-state index is 13.0. The molecule has 0 saturated carbocycles. The van der Waals surface area contributed by atoms with Gasteiger partial charge in [-0.25, -0.2) is 8.78 Å². The summed E-state index contributed by atoms with van der Waals surface area (Å²) in [5.74, 6) is -3.88. The van der Waals surface area contributed by atoms with Crippen molar-refractivity contribution < 1.29 is 27.9 Å². The fourth-order valence-electron chi connectivity index (χ4n) is 2.09. The van der Waals surface area contributed by atoms with Crippen molar-refractivity contribution in [3.05, 3.63) is 52.2 Å². The number of anilines is 1. The van der Waals surface area contributed by atoms with Gasteiger partial charge in [-0.15, -0.1) is 11.3 Å². The van der Waals surface area contributed by atoms with Crippen LogP contribution in [0, 0.1) is 11.6 Å². The Morgan fingerprint density at radius 1 is 1.07 bits per heavy atom. The Morgan fingerprint density at radius 2 is 1.89 bits per heavy atom. The standard InChI is InChI=1S/C18H18F2N2O4S/c19-14-7-6-12(9-15(14)20)22-16(23)10-21-17(24)11-26-18(25)5-1-3-13-4-2-8-27-13/h2,4,6-9H,1,3,5,10-11H2,(H,21,24)(H,22,23). The summed E-state index contributed by atoms with van der Waals surface area (Å²) >= 11 is 1.61. The molecule has 2 amide bonds. The van der Waals surface area contributed by atoms with Crippen molar-refractivity contribution in [2.45, 2.75) is 19.3 Å². The number of carbonyl (C=O) groups excluding carboxylic acids is 3. The van der Waals surface area contributed by atoms with Crippen molar-refractivity contribution in [1.29, 1.82) is 0 Å². The summed E-state index contributed by atoms with van der Waals surface area (Å²) < 4.78 is 30.7. The molecule has 2 aromatic rings. The molecule has 1 heterocycles. The summed E-state index contributed by atoms with van der Waals surface area (Å²) in [4.78, 5) is 36.0. The maximum Gasteiger partial charge on any atom is 0.306 e. The number of esters is 1. The quantitative estimate of drug-likeness (QED) is 0.639. The van der Waals surface area contributed by atoms with Crippen LogP contribution in [0.4, 0.5) is 14.5 Å². The third-order valence-electron chi connectivity index (χ3n) is 3.40. The van der Waals surface area contributed by atoms with E-state index in [0.717, 1.165) is 18.6 Å². The largest absolute Gasteiger partial charge is 0.456 e. The molecule has 9 heteroatoms. The van der Waals surface area contributed by atoms with E-state index < -0.39 is 42.6 Å². The lowest BCUT2D eigenvalue weighted by atomic mass is 10.2. The van der Waals surface area contributed by atoms with E-state index in [2.05, 4.69) is 10.6 Å². The number of benzene rings is 1. The first-order chi connectivity index (χ1) is 12.9. The summed E-state index contributed by atoms with van der Waals surface area (Å²) in [6.07, 6.45) is 1.59. The smallest absolute Gasteiger partial charge is 0.306 e. The molecule has 0 bridgehead atoms. The molecule has 1 aromatic carbocycles. The number of hydrogen-bond donors (Lipinski definition) is 2. The first-order valence-electron chi connectivity index (χ1n) is 8.13. The number of ether oxygens (including phenoxy) is 1. The minimum Gasteiger partial charge on any atom is -0.456 e. The second-order valence-electron chi connectivity index (χ2n) is 5.55. The van der Waals surface area contributed by atoms with Gasteiger partial charge in [0.15, 0.2) is 18.2 Å². The average molecular weight is 396 g/mol. The Hall–Kier alpha value is -2.81. The molecule has 0 atom stereocenters. The molecule has 2 N–H and O–H groups in total. The van der Waals surface area contributed by atoms with Gasteiger partial charge < -0.3 is 15.4 Å². The Balaban J connectivity index is 1.59. The van der Waals surface area contributed by atoms with Crippen LogP contribution in [0.2, 0.25) is 0 Å². The van der Waals surface area contributed by atoms with Crippen molar-refractivity contribution in [3.8, 4) is 0 Å². The third-order valence-corrected chi connectivity index (χ3v) is 4.33. The van der Waals surface area contributed by atoms with Crippen LogP contribution in [-0.4, -0.2) is 30.9 Å². The van der Waals surface area contributed by atoms with Gasteiger partial charge in [0.2, 0.25) is 5.91 Å². The second-order valence-corrected chi connectivity index (χ2v) is 6.58.